The number of benzene rings is 1. The molecule has 1 amide bonds. The molecule has 0 bridgehead atoms. The summed E-state index contributed by atoms with van der Waals surface area (Å²) in [5, 5.41) is 30.1. The third-order valence-corrected chi connectivity index (χ3v) is 2.58. The average molecular weight is 278 g/mol. The number of nitrogens with one attached hydrogen (secondary N) is 1. The second-order valence-electron chi connectivity index (χ2n) is 3.98. The van der Waals surface area contributed by atoms with Gasteiger partial charge in [-0.2, -0.15) is 0 Å². The number of nitrogens with zero attached hydrogens (tertiary/aromatic N) is 1. The van der Waals surface area contributed by atoms with Gasteiger partial charge in [0.25, 0.3) is 5.91 Å². The molecule has 0 atom stereocenters. The monoisotopic (exact) mass is 278 g/mol. The number of aromatic nitrogens is 1. The molecule has 0 aliphatic heterocycles. The molecule has 0 aliphatic carbocycles. The summed E-state index contributed by atoms with van der Waals surface area (Å²) in [5.74, 6) is -3.17. The van der Waals surface area contributed by atoms with E-state index in [-0.39, 0.29) is 17.8 Å². The number of phenolic OH excluding ortho intramolecular Hbond substituents is 3. The number of phenols is 3. The van der Waals surface area contributed by atoms with Crippen LogP contribution in [0.3, 0.4) is 0 Å². The van der Waals surface area contributed by atoms with Crippen molar-refractivity contribution in [3.05, 3.63) is 47.5 Å². The molecule has 0 saturated heterocycles. The predicted molar refractivity (Wildman–Crippen MR) is 66.8 cm³/mol. The molecule has 0 radical (unpaired) electrons. The van der Waals surface area contributed by atoms with Gasteiger partial charge in [0.2, 0.25) is 0 Å². The number of rotatable bonds is 3. The van der Waals surface area contributed by atoms with Crippen LogP contribution in [0, 0.1) is 5.82 Å². The topological polar surface area (TPSA) is 103 Å². The first kappa shape index (κ1) is 13.6. The number of halogens is 1. The van der Waals surface area contributed by atoms with Gasteiger partial charge in [-0.15, -0.1) is 0 Å². The van der Waals surface area contributed by atoms with Crippen LogP contribution in [0.4, 0.5) is 4.39 Å². The Morgan fingerprint density at radius 3 is 2.50 bits per heavy atom. The van der Waals surface area contributed by atoms with Crippen molar-refractivity contribution < 1.29 is 24.5 Å². The molecule has 0 aliphatic rings. The van der Waals surface area contributed by atoms with Crippen molar-refractivity contribution in [1.29, 1.82) is 0 Å². The highest BCUT2D eigenvalue weighted by atomic mass is 19.1. The molecule has 2 rings (SSSR count). The number of amides is 1. The fraction of sp³-hybridized carbons (Fsp3) is 0.0769. The van der Waals surface area contributed by atoms with Crippen molar-refractivity contribution in [3.63, 3.8) is 0 Å². The molecule has 6 nitrogen and oxygen atoms in total. The van der Waals surface area contributed by atoms with E-state index in [0.29, 0.717) is 0 Å². The molecule has 20 heavy (non-hydrogen) atoms. The number of pyridine rings is 1. The standard InChI is InChI=1S/C13H11FN2O4/c14-8-2-1-3-15-9(8)6-16-13(20)7-4-10(17)12(19)11(18)5-7/h1-5,17-19H,6H2,(H,16,20). The van der Waals surface area contributed by atoms with Crippen LogP contribution in [0.5, 0.6) is 17.2 Å². The van der Waals surface area contributed by atoms with E-state index in [9.17, 15) is 19.4 Å². The second-order valence-corrected chi connectivity index (χ2v) is 3.98. The molecular weight excluding hydrogens is 267 g/mol. The summed E-state index contributed by atoms with van der Waals surface area (Å²) in [6.45, 7) is -0.145. The lowest BCUT2D eigenvalue weighted by Gasteiger charge is -2.07. The van der Waals surface area contributed by atoms with Gasteiger partial charge in [-0.05, 0) is 24.3 Å². The lowest BCUT2D eigenvalue weighted by atomic mass is 10.1. The lowest BCUT2D eigenvalue weighted by molar-refractivity contribution is 0.0949. The third-order valence-electron chi connectivity index (χ3n) is 2.58. The van der Waals surface area contributed by atoms with Crippen LogP contribution in [0.2, 0.25) is 0 Å². The van der Waals surface area contributed by atoms with Crippen LogP contribution in [0.15, 0.2) is 30.5 Å². The number of carbonyl (C=O) groups is 1. The fourth-order valence-corrected chi connectivity index (χ4v) is 1.55. The summed E-state index contributed by atoms with van der Waals surface area (Å²) in [6.07, 6.45) is 1.39. The van der Waals surface area contributed by atoms with Crippen molar-refractivity contribution in [1.82, 2.24) is 10.3 Å². The van der Waals surface area contributed by atoms with Gasteiger partial charge in [-0.1, -0.05) is 0 Å². The molecule has 2 aromatic rings. The molecule has 1 aromatic carbocycles. The Labute approximate surface area is 113 Å². The first-order valence-corrected chi connectivity index (χ1v) is 5.61. The zero-order chi connectivity index (χ0) is 14.7. The molecule has 0 saturated carbocycles. The van der Waals surface area contributed by atoms with Gasteiger partial charge in [0, 0.05) is 11.8 Å². The normalized spacial score (nSPS) is 10.2. The van der Waals surface area contributed by atoms with Crippen molar-refractivity contribution in [3.8, 4) is 17.2 Å². The molecule has 7 heteroatoms. The minimum atomic E-state index is -0.711. The average Bonchev–Trinajstić information content (AvgIpc) is 2.43. The zero-order valence-corrected chi connectivity index (χ0v) is 10.2. The first-order valence-electron chi connectivity index (χ1n) is 5.61. The van der Waals surface area contributed by atoms with Gasteiger partial charge in [0.15, 0.2) is 17.2 Å². The molecular formula is C13H11FN2O4. The number of hydrogen-bond donors (Lipinski definition) is 4. The third kappa shape index (κ3) is 2.77. The van der Waals surface area contributed by atoms with Gasteiger partial charge >= 0.3 is 0 Å². The zero-order valence-electron chi connectivity index (χ0n) is 10.2. The molecule has 1 aromatic heterocycles. The molecule has 0 unspecified atom stereocenters. The summed E-state index contributed by atoms with van der Waals surface area (Å²) in [5.41, 5.74) is -0.0118. The molecule has 0 spiro atoms. The maximum atomic E-state index is 13.3. The van der Waals surface area contributed by atoms with E-state index in [0.717, 1.165) is 12.1 Å². The van der Waals surface area contributed by atoms with Crippen molar-refractivity contribution in [2.75, 3.05) is 0 Å². The van der Waals surface area contributed by atoms with E-state index >= 15 is 0 Å². The van der Waals surface area contributed by atoms with E-state index in [2.05, 4.69) is 10.3 Å². The van der Waals surface area contributed by atoms with E-state index in [4.69, 9.17) is 5.11 Å². The number of carbonyl (C=O) groups excluding carboxylic acids is 1. The van der Waals surface area contributed by atoms with Crippen LogP contribution in [0.1, 0.15) is 16.1 Å². The second kappa shape index (κ2) is 5.43. The van der Waals surface area contributed by atoms with Crippen molar-refractivity contribution >= 4 is 5.91 Å². The van der Waals surface area contributed by atoms with Crippen LogP contribution >= 0.6 is 0 Å². The van der Waals surface area contributed by atoms with E-state index in [1.165, 1.54) is 18.3 Å². The van der Waals surface area contributed by atoms with Crippen molar-refractivity contribution in [2.45, 2.75) is 6.54 Å². The number of hydrogen-bond acceptors (Lipinski definition) is 5. The van der Waals surface area contributed by atoms with Crippen LogP contribution in [-0.4, -0.2) is 26.2 Å². The maximum Gasteiger partial charge on any atom is 0.251 e. The minimum Gasteiger partial charge on any atom is -0.504 e. The van der Waals surface area contributed by atoms with Crippen LogP contribution in [-0.2, 0) is 6.54 Å². The lowest BCUT2D eigenvalue weighted by Crippen LogP contribution is -2.23. The van der Waals surface area contributed by atoms with Gasteiger partial charge < -0.3 is 20.6 Å². The van der Waals surface area contributed by atoms with Crippen LogP contribution < -0.4 is 5.32 Å². The molecule has 0 fully saturated rings. The summed E-state index contributed by atoms with van der Waals surface area (Å²) in [7, 11) is 0. The Morgan fingerprint density at radius 2 is 1.90 bits per heavy atom. The summed E-state index contributed by atoms with van der Waals surface area (Å²) < 4.78 is 13.3. The van der Waals surface area contributed by atoms with Crippen molar-refractivity contribution in [2.24, 2.45) is 0 Å². The Morgan fingerprint density at radius 1 is 1.25 bits per heavy atom. The number of aromatic hydroxyl groups is 3. The smallest absolute Gasteiger partial charge is 0.251 e. The van der Waals surface area contributed by atoms with Gasteiger partial charge in [-0.25, -0.2) is 4.39 Å². The summed E-state index contributed by atoms with van der Waals surface area (Å²) >= 11 is 0. The Balaban J connectivity index is 2.11. The van der Waals surface area contributed by atoms with E-state index in [1.807, 2.05) is 0 Å². The maximum absolute atomic E-state index is 13.3. The highest BCUT2D eigenvalue weighted by molar-refractivity contribution is 5.95. The van der Waals surface area contributed by atoms with Gasteiger partial charge in [0.1, 0.15) is 5.82 Å². The quantitative estimate of drug-likeness (QED) is 0.633. The van der Waals surface area contributed by atoms with Gasteiger partial charge in [-0.3, -0.25) is 9.78 Å². The van der Waals surface area contributed by atoms with Crippen LogP contribution in [0.25, 0.3) is 0 Å². The Hall–Kier alpha value is -2.83. The Kier molecular flexibility index (Phi) is 3.69. The highest BCUT2D eigenvalue weighted by Gasteiger charge is 2.14. The largest absolute Gasteiger partial charge is 0.504 e. The molecule has 1 heterocycles. The molecule has 104 valence electrons. The van der Waals surface area contributed by atoms with E-state index < -0.39 is 29.0 Å². The van der Waals surface area contributed by atoms with E-state index in [1.54, 1.807) is 0 Å². The predicted octanol–water partition coefficient (Wildman–Crippen LogP) is 1.27. The SMILES string of the molecule is O=C(NCc1ncccc1F)c1cc(O)c(O)c(O)c1. The Bertz CT molecular complexity index is 638. The minimum absolute atomic E-state index is 0.0630. The fourth-order valence-electron chi connectivity index (χ4n) is 1.55. The first-order chi connectivity index (χ1) is 9.49. The summed E-state index contributed by atoms with van der Waals surface area (Å²) in [6, 6.07) is 4.61. The molecule has 4 N–H and O–H groups in total. The van der Waals surface area contributed by atoms with Gasteiger partial charge in [0.05, 0.1) is 12.2 Å². The summed E-state index contributed by atoms with van der Waals surface area (Å²) in [4.78, 5) is 15.5. The highest BCUT2D eigenvalue weighted by Crippen LogP contribution is 2.35.